The van der Waals surface area contributed by atoms with Crippen molar-refractivity contribution in [1.82, 2.24) is 5.32 Å². The number of carboxylic acid groups (broad SMARTS) is 1. The van der Waals surface area contributed by atoms with Crippen LogP contribution in [0.25, 0.3) is 0 Å². The van der Waals surface area contributed by atoms with Gasteiger partial charge in [0, 0.05) is 6.42 Å². The molecule has 2 atom stereocenters. The van der Waals surface area contributed by atoms with Crippen molar-refractivity contribution in [3.63, 3.8) is 0 Å². The molecule has 2 N–H and O–H groups in total. The molecule has 0 bridgehead atoms. The summed E-state index contributed by atoms with van der Waals surface area (Å²) in [6, 6.07) is -0.776. The number of hydrogen-bond donors (Lipinski definition) is 2. The van der Waals surface area contributed by atoms with Gasteiger partial charge in [-0.25, -0.2) is 4.79 Å². The van der Waals surface area contributed by atoms with Crippen molar-refractivity contribution < 1.29 is 14.7 Å². The lowest BCUT2D eigenvalue weighted by Gasteiger charge is -2.18. The van der Waals surface area contributed by atoms with E-state index >= 15 is 0 Å². The number of carbonyl (C=O) groups excluding carboxylic acids is 1. The second-order valence-electron chi connectivity index (χ2n) is 4.34. The molecule has 0 spiro atoms. The summed E-state index contributed by atoms with van der Waals surface area (Å²) in [6.45, 7) is 7.55. The van der Waals surface area contributed by atoms with E-state index in [4.69, 9.17) is 5.11 Å². The van der Waals surface area contributed by atoms with E-state index in [2.05, 4.69) is 5.32 Å². The number of rotatable bonds is 6. The maximum absolute atomic E-state index is 11.5. The van der Waals surface area contributed by atoms with Gasteiger partial charge in [-0.3, -0.25) is 4.79 Å². The first-order chi connectivity index (χ1) is 6.88. The summed E-state index contributed by atoms with van der Waals surface area (Å²) in [4.78, 5) is 22.3. The molecule has 0 aromatic heterocycles. The maximum Gasteiger partial charge on any atom is 0.326 e. The van der Waals surface area contributed by atoms with E-state index in [1.165, 1.54) is 0 Å². The minimum atomic E-state index is -0.970. The predicted octanol–water partition coefficient (Wildman–Crippen LogP) is 1.65. The Morgan fingerprint density at radius 2 is 1.80 bits per heavy atom. The van der Waals surface area contributed by atoms with Crippen molar-refractivity contribution in [3.8, 4) is 0 Å². The molecule has 0 fully saturated rings. The summed E-state index contributed by atoms with van der Waals surface area (Å²) in [6.07, 6.45) is 1.32. The van der Waals surface area contributed by atoms with E-state index in [0.717, 1.165) is 6.42 Å². The highest BCUT2D eigenvalue weighted by atomic mass is 16.4. The smallest absolute Gasteiger partial charge is 0.326 e. The van der Waals surface area contributed by atoms with Gasteiger partial charge in [0.25, 0.3) is 0 Å². The predicted molar refractivity (Wildman–Crippen MR) is 58.5 cm³/mol. The molecule has 88 valence electrons. The van der Waals surface area contributed by atoms with Crippen LogP contribution in [0, 0.1) is 11.8 Å². The minimum absolute atomic E-state index is 0.0941. The normalized spacial score (nSPS) is 14.7. The van der Waals surface area contributed by atoms with Gasteiger partial charge in [-0.2, -0.15) is 0 Å². The van der Waals surface area contributed by atoms with Crippen molar-refractivity contribution in [3.05, 3.63) is 0 Å². The van der Waals surface area contributed by atoms with Crippen LogP contribution < -0.4 is 5.32 Å². The molecule has 4 nitrogen and oxygen atoms in total. The minimum Gasteiger partial charge on any atom is -0.480 e. The monoisotopic (exact) mass is 215 g/mol. The molecule has 0 aliphatic rings. The lowest BCUT2D eigenvalue weighted by atomic mass is 10.0. The summed E-state index contributed by atoms with van der Waals surface area (Å²) in [5.41, 5.74) is 0. The van der Waals surface area contributed by atoms with Crippen LogP contribution in [-0.4, -0.2) is 23.0 Å². The van der Waals surface area contributed by atoms with Crippen LogP contribution in [0.15, 0.2) is 0 Å². The molecule has 0 aliphatic heterocycles. The van der Waals surface area contributed by atoms with Crippen LogP contribution in [0.3, 0.4) is 0 Å². The molecule has 0 rings (SSSR count). The van der Waals surface area contributed by atoms with Crippen LogP contribution >= 0.6 is 0 Å². The van der Waals surface area contributed by atoms with Gasteiger partial charge in [-0.15, -0.1) is 0 Å². The number of carboxylic acids is 1. The van der Waals surface area contributed by atoms with Crippen LogP contribution in [0.4, 0.5) is 0 Å². The Morgan fingerprint density at radius 3 is 2.13 bits per heavy atom. The summed E-state index contributed by atoms with van der Waals surface area (Å²) in [5, 5.41) is 11.4. The van der Waals surface area contributed by atoms with Crippen molar-refractivity contribution in [2.24, 2.45) is 11.8 Å². The average Bonchev–Trinajstić information content (AvgIpc) is 2.12. The second-order valence-corrected chi connectivity index (χ2v) is 4.34. The van der Waals surface area contributed by atoms with E-state index in [9.17, 15) is 9.59 Å². The Bertz CT molecular complexity index is 226. The Labute approximate surface area is 91.1 Å². The number of carbonyl (C=O) groups is 2. The van der Waals surface area contributed by atoms with E-state index in [0.29, 0.717) is 12.3 Å². The van der Waals surface area contributed by atoms with Crippen molar-refractivity contribution >= 4 is 11.9 Å². The molecule has 4 heteroatoms. The van der Waals surface area contributed by atoms with Crippen LogP contribution in [0.2, 0.25) is 0 Å². The van der Waals surface area contributed by atoms with Crippen molar-refractivity contribution in [2.75, 3.05) is 0 Å². The Hall–Kier alpha value is -1.06. The van der Waals surface area contributed by atoms with Crippen molar-refractivity contribution in [2.45, 2.75) is 46.6 Å². The number of hydrogen-bond acceptors (Lipinski definition) is 2. The molecular weight excluding hydrogens is 194 g/mol. The topological polar surface area (TPSA) is 66.4 Å². The van der Waals surface area contributed by atoms with Crippen molar-refractivity contribution in [1.29, 1.82) is 0 Å². The third-order valence-corrected chi connectivity index (χ3v) is 2.48. The largest absolute Gasteiger partial charge is 0.480 e. The molecule has 0 aromatic rings. The molecule has 1 unspecified atom stereocenters. The van der Waals surface area contributed by atoms with Gasteiger partial charge in [0.2, 0.25) is 5.91 Å². The standard InChI is InChI=1S/C11H21NO3/c1-5-8(4)6-9(13)12-10(7(2)3)11(14)15/h7-8,10H,5-6H2,1-4H3,(H,12,13)(H,14,15)/t8?,10-/m0/s1. The highest BCUT2D eigenvalue weighted by Gasteiger charge is 2.23. The molecular formula is C11H21NO3. The maximum atomic E-state index is 11.5. The van der Waals surface area contributed by atoms with Gasteiger partial charge in [0.1, 0.15) is 6.04 Å². The fraction of sp³-hybridized carbons (Fsp3) is 0.818. The van der Waals surface area contributed by atoms with Gasteiger partial charge >= 0.3 is 5.97 Å². The first-order valence-electron chi connectivity index (χ1n) is 5.40. The van der Waals surface area contributed by atoms with E-state index in [-0.39, 0.29) is 11.8 Å². The van der Waals surface area contributed by atoms with Gasteiger partial charge in [-0.1, -0.05) is 34.1 Å². The molecule has 0 aromatic carbocycles. The zero-order chi connectivity index (χ0) is 12.0. The van der Waals surface area contributed by atoms with E-state index in [1.54, 1.807) is 13.8 Å². The Kier molecular flexibility index (Phi) is 5.97. The summed E-state index contributed by atoms with van der Waals surface area (Å²) < 4.78 is 0. The first-order valence-corrected chi connectivity index (χ1v) is 5.40. The van der Waals surface area contributed by atoms with E-state index < -0.39 is 12.0 Å². The molecule has 0 radical (unpaired) electrons. The van der Waals surface area contributed by atoms with Gasteiger partial charge < -0.3 is 10.4 Å². The highest BCUT2D eigenvalue weighted by molar-refractivity contribution is 5.83. The first kappa shape index (κ1) is 13.9. The third kappa shape index (κ3) is 5.40. The Morgan fingerprint density at radius 1 is 1.27 bits per heavy atom. The molecule has 1 amide bonds. The Balaban J connectivity index is 4.18. The van der Waals surface area contributed by atoms with Crippen LogP contribution in [0.5, 0.6) is 0 Å². The van der Waals surface area contributed by atoms with Crippen LogP contribution in [-0.2, 0) is 9.59 Å². The highest BCUT2D eigenvalue weighted by Crippen LogP contribution is 2.08. The number of nitrogens with one attached hydrogen (secondary N) is 1. The zero-order valence-electron chi connectivity index (χ0n) is 9.91. The summed E-state index contributed by atoms with van der Waals surface area (Å²) >= 11 is 0. The molecule has 0 saturated heterocycles. The van der Waals surface area contributed by atoms with Crippen LogP contribution in [0.1, 0.15) is 40.5 Å². The fourth-order valence-electron chi connectivity index (χ4n) is 1.21. The number of aliphatic carboxylic acids is 1. The lowest BCUT2D eigenvalue weighted by Crippen LogP contribution is -2.44. The number of amides is 1. The average molecular weight is 215 g/mol. The molecule has 15 heavy (non-hydrogen) atoms. The molecule has 0 aliphatic carbocycles. The quantitative estimate of drug-likeness (QED) is 0.708. The fourth-order valence-corrected chi connectivity index (χ4v) is 1.21. The molecule has 0 saturated carbocycles. The van der Waals surface area contributed by atoms with Gasteiger partial charge in [-0.05, 0) is 11.8 Å². The van der Waals surface area contributed by atoms with E-state index in [1.807, 2.05) is 13.8 Å². The van der Waals surface area contributed by atoms with Gasteiger partial charge in [0.05, 0.1) is 0 Å². The summed E-state index contributed by atoms with van der Waals surface area (Å²) in [5.74, 6) is -0.942. The summed E-state index contributed by atoms with van der Waals surface area (Å²) in [7, 11) is 0. The SMILES string of the molecule is CCC(C)CC(=O)N[C@H](C(=O)O)C(C)C. The third-order valence-electron chi connectivity index (χ3n) is 2.48. The van der Waals surface area contributed by atoms with Gasteiger partial charge in [0.15, 0.2) is 0 Å². The second kappa shape index (κ2) is 6.43. The zero-order valence-corrected chi connectivity index (χ0v) is 9.91. The molecule has 0 heterocycles. The lowest BCUT2D eigenvalue weighted by molar-refractivity contribution is -0.143.